The molecule has 1 aromatic carbocycles. The smallest absolute Gasteiger partial charge is 0.335 e. The van der Waals surface area contributed by atoms with E-state index in [-0.39, 0.29) is 5.66 Å². The van der Waals surface area contributed by atoms with Gasteiger partial charge in [0.15, 0.2) is 0 Å². The van der Waals surface area contributed by atoms with Crippen molar-refractivity contribution in [3.63, 3.8) is 0 Å². The maximum Gasteiger partial charge on any atom is 0.335 e. The van der Waals surface area contributed by atoms with Crippen LogP contribution in [0.15, 0.2) is 24.3 Å². The lowest BCUT2D eigenvalue weighted by molar-refractivity contribution is 0.0553. The number of carboxylic acids is 1. The molecule has 0 radical (unpaired) electrons. The highest BCUT2D eigenvalue weighted by Gasteiger charge is 2.44. The fourth-order valence-electron chi connectivity index (χ4n) is 2.75. The van der Waals surface area contributed by atoms with Gasteiger partial charge in [0.25, 0.3) is 0 Å². The van der Waals surface area contributed by atoms with Gasteiger partial charge in [-0.1, -0.05) is 12.1 Å². The topological polar surface area (TPSA) is 43.8 Å². The van der Waals surface area contributed by atoms with Gasteiger partial charge in [-0.2, -0.15) is 0 Å². The molecule has 0 saturated carbocycles. The summed E-state index contributed by atoms with van der Waals surface area (Å²) in [4.78, 5) is 15.5. The van der Waals surface area contributed by atoms with Gasteiger partial charge >= 0.3 is 5.97 Å². The van der Waals surface area contributed by atoms with Crippen LogP contribution in [0.25, 0.3) is 0 Å². The summed E-state index contributed by atoms with van der Waals surface area (Å²) in [6.07, 6.45) is 0. The molecule has 0 spiro atoms. The Morgan fingerprint density at radius 2 is 1.89 bits per heavy atom. The van der Waals surface area contributed by atoms with Crippen molar-refractivity contribution in [1.82, 2.24) is 9.80 Å². The van der Waals surface area contributed by atoms with Crippen molar-refractivity contribution >= 4 is 5.97 Å². The third-order valence-corrected chi connectivity index (χ3v) is 4.31. The van der Waals surface area contributed by atoms with Crippen LogP contribution in [0.2, 0.25) is 0 Å². The number of rotatable bonds is 2. The average molecular weight is 248 g/mol. The van der Waals surface area contributed by atoms with Gasteiger partial charge in [0, 0.05) is 12.6 Å². The first kappa shape index (κ1) is 13.1. The monoisotopic (exact) mass is 248 g/mol. The Balaban J connectivity index is 2.38. The summed E-state index contributed by atoms with van der Waals surface area (Å²) < 4.78 is 0. The van der Waals surface area contributed by atoms with Crippen LogP contribution in [0.5, 0.6) is 0 Å². The van der Waals surface area contributed by atoms with Gasteiger partial charge in [0.05, 0.1) is 11.2 Å². The zero-order chi connectivity index (χ0) is 13.5. The molecule has 1 N–H and O–H groups in total. The van der Waals surface area contributed by atoms with E-state index < -0.39 is 5.97 Å². The average Bonchev–Trinajstić information content (AvgIpc) is 2.54. The van der Waals surface area contributed by atoms with Gasteiger partial charge in [0.2, 0.25) is 0 Å². The zero-order valence-electron chi connectivity index (χ0n) is 11.3. The molecule has 98 valence electrons. The molecule has 0 amide bonds. The first-order chi connectivity index (χ1) is 8.37. The van der Waals surface area contributed by atoms with E-state index in [1.165, 1.54) is 0 Å². The molecule has 1 fully saturated rings. The van der Waals surface area contributed by atoms with Crippen molar-refractivity contribution in [3.05, 3.63) is 35.4 Å². The molecule has 0 bridgehead atoms. The van der Waals surface area contributed by atoms with E-state index in [0.717, 1.165) is 12.1 Å². The summed E-state index contributed by atoms with van der Waals surface area (Å²) in [6, 6.07) is 7.66. The molecule has 1 aromatic rings. The Morgan fingerprint density at radius 3 is 2.28 bits per heavy atom. The van der Waals surface area contributed by atoms with E-state index in [1.54, 1.807) is 12.1 Å². The Morgan fingerprint density at radius 1 is 1.33 bits per heavy atom. The van der Waals surface area contributed by atoms with Crippen molar-refractivity contribution in [2.45, 2.75) is 25.6 Å². The van der Waals surface area contributed by atoms with E-state index in [9.17, 15) is 4.79 Å². The molecule has 1 heterocycles. The molecule has 2 rings (SSSR count). The summed E-state index contributed by atoms with van der Waals surface area (Å²) in [5.74, 6) is -0.881. The van der Waals surface area contributed by atoms with Crippen molar-refractivity contribution in [2.75, 3.05) is 20.6 Å². The lowest BCUT2D eigenvalue weighted by Crippen LogP contribution is -2.45. The predicted octanol–water partition coefficient (Wildman–Crippen LogP) is 1.82. The number of nitrogens with zero attached hydrogens (tertiary/aromatic N) is 2. The number of hydrogen-bond donors (Lipinski definition) is 1. The lowest BCUT2D eigenvalue weighted by atomic mass is 9.98. The summed E-state index contributed by atoms with van der Waals surface area (Å²) in [7, 11) is 4.21. The van der Waals surface area contributed by atoms with Crippen LogP contribution in [0.1, 0.15) is 29.8 Å². The molecule has 0 aromatic heterocycles. The number of carbonyl (C=O) groups is 1. The Kier molecular flexibility index (Phi) is 3.17. The minimum Gasteiger partial charge on any atom is -0.478 e. The van der Waals surface area contributed by atoms with Gasteiger partial charge in [0.1, 0.15) is 0 Å². The quantitative estimate of drug-likeness (QED) is 0.867. The Hall–Kier alpha value is -1.39. The predicted molar refractivity (Wildman–Crippen MR) is 70.6 cm³/mol. The standard InChI is InChI=1S/C14H20N2O2/c1-10-9-15(3)14(2,16(10)4)12-7-5-11(6-8-12)13(17)18/h5-8,10H,9H2,1-4H3,(H,17,18). The molecule has 4 heteroatoms. The Bertz CT molecular complexity index is 457. The summed E-state index contributed by atoms with van der Waals surface area (Å²) in [5.41, 5.74) is 1.29. The van der Waals surface area contributed by atoms with Crippen molar-refractivity contribution in [3.8, 4) is 0 Å². The van der Waals surface area contributed by atoms with E-state index >= 15 is 0 Å². The first-order valence-corrected chi connectivity index (χ1v) is 6.15. The van der Waals surface area contributed by atoms with Crippen LogP contribution in [-0.4, -0.2) is 47.6 Å². The Labute approximate surface area is 108 Å². The molecule has 2 unspecified atom stereocenters. The third-order valence-electron chi connectivity index (χ3n) is 4.31. The lowest BCUT2D eigenvalue weighted by Gasteiger charge is -2.39. The summed E-state index contributed by atoms with van der Waals surface area (Å²) in [5, 5.41) is 8.93. The second kappa shape index (κ2) is 4.37. The van der Waals surface area contributed by atoms with Crippen molar-refractivity contribution in [1.29, 1.82) is 0 Å². The third kappa shape index (κ3) is 1.82. The highest BCUT2D eigenvalue weighted by Crippen LogP contribution is 2.36. The molecule has 1 aliphatic rings. The highest BCUT2D eigenvalue weighted by molar-refractivity contribution is 5.87. The maximum atomic E-state index is 10.9. The van der Waals surface area contributed by atoms with Crippen LogP contribution < -0.4 is 0 Å². The number of benzene rings is 1. The number of likely N-dealkylation sites (N-methyl/N-ethyl adjacent to an activating group) is 2. The second-order valence-electron chi connectivity index (χ2n) is 5.24. The summed E-state index contributed by atoms with van der Waals surface area (Å²) >= 11 is 0. The molecule has 2 atom stereocenters. The number of hydrogen-bond acceptors (Lipinski definition) is 3. The van der Waals surface area contributed by atoms with Crippen LogP contribution in [-0.2, 0) is 5.66 Å². The van der Waals surface area contributed by atoms with E-state index in [4.69, 9.17) is 5.11 Å². The van der Waals surface area contributed by atoms with Gasteiger partial charge in [-0.25, -0.2) is 4.79 Å². The molecule has 1 saturated heterocycles. The van der Waals surface area contributed by atoms with Crippen molar-refractivity contribution < 1.29 is 9.90 Å². The van der Waals surface area contributed by atoms with Crippen LogP contribution >= 0.6 is 0 Å². The number of carboxylic acid groups (broad SMARTS) is 1. The van der Waals surface area contributed by atoms with Crippen LogP contribution in [0.3, 0.4) is 0 Å². The van der Waals surface area contributed by atoms with Crippen LogP contribution in [0.4, 0.5) is 0 Å². The van der Waals surface area contributed by atoms with Gasteiger partial charge in [-0.05, 0) is 45.6 Å². The normalized spacial score (nSPS) is 29.7. The molecule has 18 heavy (non-hydrogen) atoms. The van der Waals surface area contributed by atoms with Gasteiger partial charge in [-0.3, -0.25) is 9.80 Å². The number of aromatic carboxylic acids is 1. The minimum absolute atomic E-state index is 0.170. The zero-order valence-corrected chi connectivity index (χ0v) is 11.3. The van der Waals surface area contributed by atoms with E-state index in [1.807, 2.05) is 12.1 Å². The molecule has 0 aliphatic carbocycles. The van der Waals surface area contributed by atoms with Gasteiger partial charge < -0.3 is 5.11 Å². The molecule has 4 nitrogen and oxygen atoms in total. The maximum absolute atomic E-state index is 10.9. The SMILES string of the molecule is CC1CN(C)C(C)(c2ccc(C(=O)O)cc2)N1C. The highest BCUT2D eigenvalue weighted by atomic mass is 16.4. The first-order valence-electron chi connectivity index (χ1n) is 6.15. The van der Waals surface area contributed by atoms with E-state index in [2.05, 4.69) is 37.7 Å². The fraction of sp³-hybridized carbons (Fsp3) is 0.500. The van der Waals surface area contributed by atoms with E-state index in [0.29, 0.717) is 11.6 Å². The largest absolute Gasteiger partial charge is 0.478 e. The molecular weight excluding hydrogens is 228 g/mol. The minimum atomic E-state index is -0.881. The summed E-state index contributed by atoms with van der Waals surface area (Å²) in [6.45, 7) is 5.38. The molecular formula is C14H20N2O2. The van der Waals surface area contributed by atoms with Crippen molar-refractivity contribution in [2.24, 2.45) is 0 Å². The fourth-order valence-corrected chi connectivity index (χ4v) is 2.75. The van der Waals surface area contributed by atoms with Gasteiger partial charge in [-0.15, -0.1) is 0 Å². The molecule has 1 aliphatic heterocycles. The second-order valence-corrected chi connectivity index (χ2v) is 5.24. The van der Waals surface area contributed by atoms with Crippen LogP contribution in [0, 0.1) is 0 Å².